The first-order valence-electron chi connectivity index (χ1n) is 5.62. The summed E-state index contributed by atoms with van der Waals surface area (Å²) in [5, 5.41) is 1.40. The predicted molar refractivity (Wildman–Crippen MR) is 66.8 cm³/mol. The molecule has 0 aromatic heterocycles. The molecule has 0 amide bonds. The number of ether oxygens (including phenoxy) is 3. The van der Waals surface area contributed by atoms with E-state index in [0.29, 0.717) is 22.3 Å². The molecule has 5 heteroatoms. The first-order valence-corrected chi connectivity index (χ1v) is 5.62. The lowest BCUT2D eigenvalue weighted by Gasteiger charge is -2.12. The van der Waals surface area contributed by atoms with Crippen LogP contribution in [0.2, 0.25) is 0 Å². The number of cyclic esters (lactones) is 2. The monoisotopic (exact) mass is 258 g/mol. The normalized spacial score (nSPS) is 13.4. The molecule has 96 valence electrons. The molecule has 0 spiro atoms. The molecule has 1 heterocycles. The second kappa shape index (κ2) is 3.98. The van der Waals surface area contributed by atoms with E-state index in [1.54, 1.807) is 12.1 Å². The minimum atomic E-state index is -0.707. The topological polar surface area (TPSA) is 61.8 Å². The van der Waals surface area contributed by atoms with Crippen LogP contribution >= 0.6 is 0 Å². The second-order valence-electron chi connectivity index (χ2n) is 4.04. The zero-order chi connectivity index (χ0) is 13.6. The quantitative estimate of drug-likeness (QED) is 0.610. The van der Waals surface area contributed by atoms with Gasteiger partial charge in [0.1, 0.15) is 22.6 Å². The Morgan fingerprint density at radius 1 is 0.842 bits per heavy atom. The molecule has 2 aromatic rings. The minimum Gasteiger partial charge on any atom is -0.495 e. The van der Waals surface area contributed by atoms with Crippen molar-refractivity contribution in [3.05, 3.63) is 35.4 Å². The summed E-state index contributed by atoms with van der Waals surface area (Å²) < 4.78 is 15.2. The van der Waals surface area contributed by atoms with Crippen LogP contribution in [0.25, 0.3) is 10.8 Å². The Hall–Kier alpha value is -2.56. The van der Waals surface area contributed by atoms with Crippen molar-refractivity contribution in [3.63, 3.8) is 0 Å². The highest BCUT2D eigenvalue weighted by Gasteiger charge is 2.38. The molecule has 0 aliphatic carbocycles. The molecule has 0 unspecified atom stereocenters. The van der Waals surface area contributed by atoms with Crippen LogP contribution in [0.5, 0.6) is 11.5 Å². The van der Waals surface area contributed by atoms with Crippen LogP contribution in [0.4, 0.5) is 0 Å². The second-order valence-corrected chi connectivity index (χ2v) is 4.04. The van der Waals surface area contributed by atoms with E-state index >= 15 is 0 Å². The molecule has 19 heavy (non-hydrogen) atoms. The summed E-state index contributed by atoms with van der Waals surface area (Å²) >= 11 is 0. The summed E-state index contributed by atoms with van der Waals surface area (Å²) in [6.07, 6.45) is 0. The van der Waals surface area contributed by atoms with E-state index in [9.17, 15) is 9.59 Å². The third-order valence-corrected chi connectivity index (χ3v) is 3.12. The smallest absolute Gasteiger partial charge is 0.350 e. The van der Waals surface area contributed by atoms with Crippen LogP contribution in [0, 0.1) is 0 Å². The molecule has 0 saturated heterocycles. The van der Waals surface area contributed by atoms with Crippen LogP contribution < -0.4 is 9.47 Å². The fraction of sp³-hybridized carbons (Fsp3) is 0.143. The van der Waals surface area contributed by atoms with Gasteiger partial charge in [0.2, 0.25) is 0 Å². The van der Waals surface area contributed by atoms with E-state index in [4.69, 9.17) is 9.47 Å². The number of carbonyl (C=O) groups excluding carboxylic acids is 2. The number of esters is 2. The van der Waals surface area contributed by atoms with Gasteiger partial charge >= 0.3 is 11.9 Å². The highest BCUT2D eigenvalue weighted by atomic mass is 16.6. The molecule has 3 rings (SSSR count). The van der Waals surface area contributed by atoms with E-state index in [1.807, 2.05) is 12.1 Å². The van der Waals surface area contributed by atoms with Crippen molar-refractivity contribution in [1.82, 2.24) is 0 Å². The summed E-state index contributed by atoms with van der Waals surface area (Å²) in [4.78, 5) is 23.6. The zero-order valence-electron chi connectivity index (χ0n) is 10.4. The van der Waals surface area contributed by atoms with Gasteiger partial charge in [-0.25, -0.2) is 9.59 Å². The van der Waals surface area contributed by atoms with Crippen LogP contribution in [-0.4, -0.2) is 26.2 Å². The van der Waals surface area contributed by atoms with E-state index in [-0.39, 0.29) is 11.1 Å². The van der Waals surface area contributed by atoms with Crippen LogP contribution in [0.15, 0.2) is 24.3 Å². The van der Waals surface area contributed by atoms with E-state index in [0.717, 1.165) is 0 Å². The summed E-state index contributed by atoms with van der Waals surface area (Å²) in [6.45, 7) is 0. The predicted octanol–water partition coefficient (Wildman–Crippen LogP) is 2.17. The number of rotatable bonds is 2. The minimum absolute atomic E-state index is 0.128. The van der Waals surface area contributed by atoms with Gasteiger partial charge in [0.25, 0.3) is 0 Å². The van der Waals surface area contributed by atoms with Crippen molar-refractivity contribution in [2.45, 2.75) is 0 Å². The summed E-state index contributed by atoms with van der Waals surface area (Å²) in [6, 6.07) is 7.23. The zero-order valence-corrected chi connectivity index (χ0v) is 10.4. The summed E-state index contributed by atoms with van der Waals surface area (Å²) in [7, 11) is 2.90. The maximum Gasteiger partial charge on any atom is 0.350 e. The lowest BCUT2D eigenvalue weighted by Crippen LogP contribution is -2.01. The molecule has 5 nitrogen and oxygen atoms in total. The fourth-order valence-corrected chi connectivity index (χ4v) is 2.38. The molecule has 0 saturated carbocycles. The van der Waals surface area contributed by atoms with E-state index in [1.165, 1.54) is 14.2 Å². The first kappa shape index (κ1) is 11.5. The van der Waals surface area contributed by atoms with Gasteiger partial charge in [-0.3, -0.25) is 0 Å². The van der Waals surface area contributed by atoms with Crippen LogP contribution in [0.3, 0.4) is 0 Å². The third kappa shape index (κ3) is 1.41. The lowest BCUT2D eigenvalue weighted by molar-refractivity contribution is 0.0442. The summed E-state index contributed by atoms with van der Waals surface area (Å²) in [5.41, 5.74) is 0.256. The standard InChI is InChI=1S/C14H10O5/c1-17-11-7-5-3-4-6-8(7)12(18-2)10-9(11)13(15)19-14(10)16/h3-6H,1-2H3. The average Bonchev–Trinajstić information content (AvgIpc) is 2.72. The Labute approximate surface area is 108 Å². The maximum absolute atomic E-state index is 11.8. The number of benzene rings is 2. The highest BCUT2D eigenvalue weighted by Crippen LogP contribution is 2.43. The van der Waals surface area contributed by atoms with Gasteiger partial charge < -0.3 is 14.2 Å². The van der Waals surface area contributed by atoms with Gasteiger partial charge in [0.15, 0.2) is 0 Å². The molecule has 0 fully saturated rings. The number of carbonyl (C=O) groups is 2. The van der Waals surface area contributed by atoms with Gasteiger partial charge in [0, 0.05) is 10.8 Å². The number of hydrogen-bond acceptors (Lipinski definition) is 5. The average molecular weight is 258 g/mol. The lowest BCUT2D eigenvalue weighted by atomic mass is 9.99. The van der Waals surface area contributed by atoms with Gasteiger partial charge in [-0.2, -0.15) is 0 Å². The Bertz CT molecular complexity index is 657. The number of hydrogen-bond donors (Lipinski definition) is 0. The fourth-order valence-electron chi connectivity index (χ4n) is 2.38. The number of methoxy groups -OCH3 is 2. The highest BCUT2D eigenvalue weighted by molar-refractivity contribution is 6.22. The molecular weight excluding hydrogens is 248 g/mol. The Morgan fingerprint density at radius 3 is 1.63 bits per heavy atom. The molecular formula is C14H10O5. The van der Waals surface area contributed by atoms with Gasteiger partial charge in [-0.05, 0) is 0 Å². The van der Waals surface area contributed by atoms with Crippen molar-refractivity contribution < 1.29 is 23.8 Å². The van der Waals surface area contributed by atoms with Gasteiger partial charge in [-0.1, -0.05) is 24.3 Å². The third-order valence-electron chi connectivity index (χ3n) is 3.12. The molecule has 0 radical (unpaired) electrons. The largest absolute Gasteiger partial charge is 0.495 e. The summed E-state index contributed by atoms with van der Waals surface area (Å²) in [5.74, 6) is -0.744. The van der Waals surface area contributed by atoms with Crippen molar-refractivity contribution in [3.8, 4) is 11.5 Å². The van der Waals surface area contributed by atoms with E-state index < -0.39 is 11.9 Å². The molecule has 1 aliphatic rings. The molecule has 0 bridgehead atoms. The molecule has 1 aliphatic heterocycles. The van der Waals surface area contributed by atoms with Gasteiger partial charge in [-0.15, -0.1) is 0 Å². The molecule has 0 atom stereocenters. The Morgan fingerprint density at radius 2 is 1.26 bits per heavy atom. The molecule has 2 aromatic carbocycles. The SMILES string of the molecule is COc1c2c(c(OC)c3ccccc13)C(=O)OC2=O. The number of fused-ring (bicyclic) bond motifs is 2. The van der Waals surface area contributed by atoms with Crippen molar-refractivity contribution in [2.75, 3.05) is 14.2 Å². The Kier molecular flexibility index (Phi) is 2.41. The first-order chi connectivity index (χ1) is 9.19. The van der Waals surface area contributed by atoms with Crippen molar-refractivity contribution in [2.24, 2.45) is 0 Å². The van der Waals surface area contributed by atoms with Crippen molar-refractivity contribution >= 4 is 22.7 Å². The molecule has 0 N–H and O–H groups in total. The van der Waals surface area contributed by atoms with Crippen LogP contribution in [0.1, 0.15) is 20.7 Å². The maximum atomic E-state index is 11.8. The Balaban J connectivity index is 2.55. The van der Waals surface area contributed by atoms with E-state index in [2.05, 4.69) is 4.74 Å². The van der Waals surface area contributed by atoms with Gasteiger partial charge in [0.05, 0.1) is 14.2 Å². The van der Waals surface area contributed by atoms with Crippen LogP contribution in [-0.2, 0) is 4.74 Å². The van der Waals surface area contributed by atoms with Crippen molar-refractivity contribution in [1.29, 1.82) is 0 Å².